The van der Waals surface area contributed by atoms with Crippen LogP contribution in [0, 0.1) is 16.7 Å². The summed E-state index contributed by atoms with van der Waals surface area (Å²) < 4.78 is 0. The molecule has 3 aliphatic rings. The number of amides is 1. The van der Waals surface area contributed by atoms with Gasteiger partial charge in [-0.2, -0.15) is 0 Å². The fourth-order valence-electron chi connectivity index (χ4n) is 6.70. The van der Waals surface area contributed by atoms with Crippen molar-refractivity contribution in [1.82, 2.24) is 5.32 Å². The van der Waals surface area contributed by atoms with Crippen LogP contribution in [0.15, 0.2) is 36.5 Å². The second-order valence-electron chi connectivity index (χ2n) is 10.6. The van der Waals surface area contributed by atoms with Crippen LogP contribution >= 0.6 is 0 Å². The third-order valence-corrected chi connectivity index (χ3v) is 8.43. The minimum absolute atomic E-state index is 0.241. The van der Waals surface area contributed by atoms with Gasteiger partial charge in [0.15, 0.2) is 0 Å². The fraction of sp³-hybridized carbons (Fsp3) is 0.741. The summed E-state index contributed by atoms with van der Waals surface area (Å²) in [5.74, 6) is 0.883. The van der Waals surface area contributed by atoms with E-state index >= 15 is 0 Å². The predicted octanol–water partition coefficient (Wildman–Crippen LogP) is 6.21. The molecule has 30 heavy (non-hydrogen) atoms. The summed E-state index contributed by atoms with van der Waals surface area (Å²) in [4.78, 5) is 12.6. The van der Waals surface area contributed by atoms with Crippen molar-refractivity contribution >= 4 is 5.91 Å². The summed E-state index contributed by atoms with van der Waals surface area (Å²) in [6.45, 7) is 8.96. The lowest BCUT2D eigenvalue weighted by Gasteiger charge is -2.55. The molecule has 0 aromatic rings. The molecule has 0 aromatic carbocycles. The Labute approximate surface area is 184 Å². The van der Waals surface area contributed by atoms with Crippen LogP contribution in [0.25, 0.3) is 0 Å². The summed E-state index contributed by atoms with van der Waals surface area (Å²) in [7, 11) is 0. The lowest BCUT2D eigenvalue weighted by atomic mass is 9.49. The second-order valence-corrected chi connectivity index (χ2v) is 10.6. The van der Waals surface area contributed by atoms with Gasteiger partial charge in [0.2, 0.25) is 5.91 Å². The highest BCUT2D eigenvalue weighted by Gasteiger charge is 2.50. The SMILES string of the molecule is C=C(/C=C\C=C/C)[C@]12CCC[C@](CC)(CC(CCC(=O)NC3CCC(N)CC3)C1)C2. The van der Waals surface area contributed by atoms with Crippen LogP contribution in [0.3, 0.4) is 0 Å². The number of nitrogens with one attached hydrogen (secondary N) is 1. The summed E-state index contributed by atoms with van der Waals surface area (Å²) >= 11 is 0. The number of allylic oxidation sites excluding steroid dienone is 5. The Balaban J connectivity index is 1.60. The molecule has 1 unspecified atom stereocenters. The highest BCUT2D eigenvalue weighted by Crippen LogP contribution is 2.62. The first-order valence-electron chi connectivity index (χ1n) is 12.4. The van der Waals surface area contributed by atoms with Crippen molar-refractivity contribution in [1.29, 1.82) is 0 Å². The van der Waals surface area contributed by atoms with Gasteiger partial charge < -0.3 is 11.1 Å². The van der Waals surface area contributed by atoms with Crippen molar-refractivity contribution in [3.05, 3.63) is 36.5 Å². The zero-order valence-corrected chi connectivity index (χ0v) is 19.4. The molecule has 3 nitrogen and oxygen atoms in total. The van der Waals surface area contributed by atoms with Crippen molar-refractivity contribution in [2.45, 2.75) is 109 Å². The van der Waals surface area contributed by atoms with E-state index in [9.17, 15) is 4.79 Å². The molecule has 3 heteroatoms. The average molecular weight is 413 g/mol. The van der Waals surface area contributed by atoms with Gasteiger partial charge in [0.25, 0.3) is 0 Å². The smallest absolute Gasteiger partial charge is 0.220 e. The third kappa shape index (κ3) is 5.66. The molecule has 0 radical (unpaired) electrons. The largest absolute Gasteiger partial charge is 0.353 e. The Bertz CT molecular complexity index is 658. The maximum absolute atomic E-state index is 12.6. The highest BCUT2D eigenvalue weighted by atomic mass is 16.1. The lowest BCUT2D eigenvalue weighted by molar-refractivity contribution is -0.122. The van der Waals surface area contributed by atoms with Gasteiger partial charge in [-0.3, -0.25) is 4.79 Å². The standard InChI is InChI=1S/C27H44N2O/c1-4-6-7-9-21(3)27-17-8-16-26(5-2,20-27)18-22(19-27)10-15-25(30)29-24-13-11-23(28)12-14-24/h4,6-7,9,22-24H,3,5,8,10-20,28H2,1-2H3,(H,29,30)/b6-4-,9-7-/t22?,23?,24?,26-,27-/m1/s1. The van der Waals surface area contributed by atoms with Crippen LogP contribution in [-0.4, -0.2) is 18.0 Å². The minimum atomic E-state index is 0.241. The van der Waals surface area contributed by atoms with E-state index in [2.05, 4.69) is 50.0 Å². The zero-order valence-electron chi connectivity index (χ0n) is 19.4. The summed E-state index contributed by atoms with van der Waals surface area (Å²) in [5, 5.41) is 3.29. The van der Waals surface area contributed by atoms with Crippen LogP contribution in [0.4, 0.5) is 0 Å². The molecule has 0 aromatic heterocycles. The molecule has 3 aliphatic carbocycles. The quantitative estimate of drug-likeness (QED) is 0.466. The molecule has 3 saturated carbocycles. The van der Waals surface area contributed by atoms with Gasteiger partial charge in [-0.1, -0.05) is 50.6 Å². The van der Waals surface area contributed by atoms with E-state index in [1.54, 1.807) is 0 Å². The average Bonchev–Trinajstić information content (AvgIpc) is 2.74. The van der Waals surface area contributed by atoms with E-state index in [-0.39, 0.29) is 11.3 Å². The molecule has 0 heterocycles. The molecular formula is C27H44N2O. The van der Waals surface area contributed by atoms with E-state index in [0.29, 0.717) is 29.8 Å². The Morgan fingerprint density at radius 1 is 1.17 bits per heavy atom. The molecule has 2 bridgehead atoms. The molecule has 3 fully saturated rings. The van der Waals surface area contributed by atoms with Gasteiger partial charge in [-0.25, -0.2) is 0 Å². The highest BCUT2D eigenvalue weighted by molar-refractivity contribution is 5.76. The summed E-state index contributed by atoms with van der Waals surface area (Å²) in [5.41, 5.74) is 8.01. The predicted molar refractivity (Wildman–Crippen MR) is 127 cm³/mol. The van der Waals surface area contributed by atoms with Gasteiger partial charge in [0.05, 0.1) is 0 Å². The number of nitrogens with two attached hydrogens (primary N) is 1. The molecule has 1 amide bonds. The van der Waals surface area contributed by atoms with E-state index in [1.807, 2.05) is 0 Å². The first-order chi connectivity index (χ1) is 14.4. The van der Waals surface area contributed by atoms with Crippen molar-refractivity contribution in [3.8, 4) is 0 Å². The topological polar surface area (TPSA) is 55.1 Å². The maximum atomic E-state index is 12.6. The maximum Gasteiger partial charge on any atom is 0.220 e. The van der Waals surface area contributed by atoms with Crippen LogP contribution in [0.5, 0.6) is 0 Å². The van der Waals surface area contributed by atoms with E-state index < -0.39 is 0 Å². The molecule has 3 atom stereocenters. The molecule has 3 rings (SSSR count). The molecule has 3 N–H and O–H groups in total. The van der Waals surface area contributed by atoms with E-state index in [1.165, 1.54) is 50.5 Å². The van der Waals surface area contributed by atoms with E-state index in [0.717, 1.165) is 32.1 Å². The Kier molecular flexibility index (Phi) is 8.01. The van der Waals surface area contributed by atoms with Gasteiger partial charge in [0, 0.05) is 18.5 Å². The number of carbonyl (C=O) groups is 1. The first-order valence-corrected chi connectivity index (χ1v) is 12.4. The van der Waals surface area contributed by atoms with Gasteiger partial charge in [0.1, 0.15) is 0 Å². The third-order valence-electron chi connectivity index (χ3n) is 8.43. The number of carbonyl (C=O) groups excluding carboxylic acids is 1. The van der Waals surface area contributed by atoms with Crippen molar-refractivity contribution in [2.24, 2.45) is 22.5 Å². The molecule has 0 spiro atoms. The van der Waals surface area contributed by atoms with Crippen molar-refractivity contribution in [3.63, 3.8) is 0 Å². The Hall–Kier alpha value is -1.35. The fourth-order valence-corrected chi connectivity index (χ4v) is 6.70. The first kappa shape index (κ1) is 23.3. The number of rotatable bonds is 8. The second kappa shape index (κ2) is 10.3. The van der Waals surface area contributed by atoms with Crippen LogP contribution < -0.4 is 11.1 Å². The van der Waals surface area contributed by atoms with Crippen molar-refractivity contribution in [2.75, 3.05) is 0 Å². The minimum Gasteiger partial charge on any atom is -0.353 e. The number of hydrogen-bond donors (Lipinski definition) is 2. The Morgan fingerprint density at radius 2 is 1.93 bits per heavy atom. The molecule has 0 saturated heterocycles. The molecule has 0 aliphatic heterocycles. The monoisotopic (exact) mass is 412 g/mol. The molecular weight excluding hydrogens is 368 g/mol. The van der Waals surface area contributed by atoms with Crippen molar-refractivity contribution < 1.29 is 4.79 Å². The van der Waals surface area contributed by atoms with Crippen LogP contribution in [-0.2, 0) is 4.79 Å². The Morgan fingerprint density at radius 3 is 2.63 bits per heavy atom. The van der Waals surface area contributed by atoms with Gasteiger partial charge in [-0.05, 0) is 93.5 Å². The summed E-state index contributed by atoms with van der Waals surface area (Å²) in [6, 6.07) is 0.670. The summed E-state index contributed by atoms with van der Waals surface area (Å²) in [6.07, 6.45) is 23.4. The van der Waals surface area contributed by atoms with Gasteiger partial charge >= 0.3 is 0 Å². The zero-order chi connectivity index (χ0) is 21.6. The lowest BCUT2D eigenvalue weighted by Crippen LogP contribution is -2.45. The van der Waals surface area contributed by atoms with Gasteiger partial charge in [-0.15, -0.1) is 0 Å². The molecule has 168 valence electrons. The number of hydrogen-bond acceptors (Lipinski definition) is 2. The van der Waals surface area contributed by atoms with Crippen LogP contribution in [0.2, 0.25) is 0 Å². The number of fused-ring (bicyclic) bond motifs is 2. The normalized spacial score (nSPS) is 36.8. The van der Waals surface area contributed by atoms with E-state index in [4.69, 9.17) is 5.73 Å². The van der Waals surface area contributed by atoms with Crippen LogP contribution in [0.1, 0.15) is 97.3 Å².